The lowest BCUT2D eigenvalue weighted by atomic mass is 9.95. The van der Waals surface area contributed by atoms with E-state index in [0.717, 1.165) is 24.2 Å². The van der Waals surface area contributed by atoms with E-state index in [4.69, 9.17) is 5.73 Å². The first-order chi connectivity index (χ1) is 19.8. The Morgan fingerprint density at radius 1 is 0.927 bits per heavy atom. The van der Waals surface area contributed by atoms with E-state index in [1.54, 1.807) is 11.5 Å². The number of carbonyl (C=O) groups excluding carboxylic acids is 4. The number of benzene rings is 2. The Labute approximate surface area is 237 Å². The zero-order valence-corrected chi connectivity index (χ0v) is 22.8. The van der Waals surface area contributed by atoms with Crippen LogP contribution in [-0.4, -0.2) is 63.0 Å². The molecule has 2 aliphatic heterocycles. The summed E-state index contributed by atoms with van der Waals surface area (Å²) in [7, 11) is 0. The monoisotopic (exact) mass is 552 g/mol. The van der Waals surface area contributed by atoms with Gasteiger partial charge < -0.3 is 25.8 Å². The second kappa shape index (κ2) is 10.8. The van der Waals surface area contributed by atoms with Crippen molar-refractivity contribution in [3.8, 4) is 0 Å². The minimum absolute atomic E-state index is 0.150. The summed E-state index contributed by atoms with van der Waals surface area (Å²) in [5, 5.41) is 5.87. The summed E-state index contributed by atoms with van der Waals surface area (Å²) < 4.78 is 1.75. The third kappa shape index (κ3) is 5.18. The van der Waals surface area contributed by atoms with Gasteiger partial charge in [-0.15, -0.1) is 0 Å². The van der Waals surface area contributed by atoms with Crippen molar-refractivity contribution in [3.05, 3.63) is 100 Å². The minimum Gasteiger partial charge on any atom is -0.364 e. The number of ketones is 2. The number of allylic oxidation sites excluding steroid dienone is 2. The van der Waals surface area contributed by atoms with Crippen LogP contribution in [0.4, 0.5) is 0 Å². The van der Waals surface area contributed by atoms with Crippen LogP contribution in [-0.2, 0) is 29.0 Å². The number of carbonyl (C=O) groups is 4. The molecule has 0 unspecified atom stereocenters. The van der Waals surface area contributed by atoms with Gasteiger partial charge in [-0.1, -0.05) is 60.7 Å². The van der Waals surface area contributed by atoms with Crippen LogP contribution in [0.1, 0.15) is 57.3 Å². The van der Waals surface area contributed by atoms with E-state index in [1.807, 2.05) is 65.6 Å². The number of nitrogens with two attached hydrogens (primary N) is 1. The number of imidazole rings is 1. The molecule has 2 amide bonds. The molecule has 1 aliphatic carbocycles. The van der Waals surface area contributed by atoms with E-state index < -0.39 is 24.0 Å². The predicted octanol–water partition coefficient (Wildman–Crippen LogP) is 1.71. The fourth-order valence-electron chi connectivity index (χ4n) is 5.67. The van der Waals surface area contributed by atoms with Gasteiger partial charge in [0.25, 0.3) is 0 Å². The number of aromatic nitrogens is 2. The molecular formula is C31H32N6O4. The molecule has 3 aliphatic rings. The van der Waals surface area contributed by atoms with Crippen molar-refractivity contribution in [1.29, 1.82) is 0 Å². The van der Waals surface area contributed by atoms with Crippen molar-refractivity contribution < 1.29 is 19.2 Å². The van der Waals surface area contributed by atoms with Crippen LogP contribution in [0.3, 0.4) is 0 Å². The molecule has 3 aromatic rings. The Morgan fingerprint density at radius 2 is 1.56 bits per heavy atom. The first kappa shape index (κ1) is 26.6. The number of amides is 2. The summed E-state index contributed by atoms with van der Waals surface area (Å²) in [6.45, 7) is 3.63. The van der Waals surface area contributed by atoms with Gasteiger partial charge in [-0.05, 0) is 30.9 Å². The van der Waals surface area contributed by atoms with E-state index in [2.05, 4.69) is 15.6 Å². The molecule has 2 aromatic carbocycles. The Hall–Kier alpha value is -4.57. The average Bonchev–Trinajstić information content (AvgIpc) is 3.62. The number of nitrogens with one attached hydrogen (secondary N) is 2. The van der Waals surface area contributed by atoms with Crippen molar-refractivity contribution in [1.82, 2.24) is 25.1 Å². The highest BCUT2D eigenvalue weighted by atomic mass is 16.2. The molecule has 1 saturated heterocycles. The van der Waals surface area contributed by atoms with E-state index in [1.165, 1.54) is 0 Å². The number of nitrogens with zero attached hydrogens (tertiary/aromatic N) is 3. The first-order valence-electron chi connectivity index (χ1n) is 13.9. The molecule has 0 bridgehead atoms. The summed E-state index contributed by atoms with van der Waals surface area (Å²) in [5.74, 6) is -0.772. The standard InChI is InChI=1S/C31H32N6O4/c1-18-25(36-14-15-36)28(39)24-26(27(18)38)37-13-12-22(29(37)35-24)33-31(41)23(17-20-10-6-3-7-11-20)34-30(40)21(32)16-19-8-4-2-5-9-19/h2-11,21-23H,12-17,32H2,1H3,(H,33,41)(H,34,40)/t21-,22-,23-/m0/s1. The lowest BCUT2D eigenvalue weighted by molar-refractivity contribution is -0.130. The normalized spacial score (nSPS) is 19.0. The molecule has 0 radical (unpaired) electrons. The smallest absolute Gasteiger partial charge is 0.243 e. The van der Waals surface area contributed by atoms with Crippen LogP contribution in [0, 0.1) is 0 Å². The average molecular weight is 553 g/mol. The lowest BCUT2D eigenvalue weighted by Crippen LogP contribution is -2.53. The van der Waals surface area contributed by atoms with Gasteiger partial charge in [0, 0.05) is 31.6 Å². The lowest BCUT2D eigenvalue weighted by Gasteiger charge is -2.22. The topological polar surface area (TPSA) is 139 Å². The van der Waals surface area contributed by atoms with Crippen LogP contribution >= 0.6 is 0 Å². The maximum absolute atomic E-state index is 13.7. The van der Waals surface area contributed by atoms with Crippen molar-refractivity contribution in [2.75, 3.05) is 13.1 Å². The van der Waals surface area contributed by atoms with Crippen molar-refractivity contribution >= 4 is 23.4 Å². The molecule has 6 rings (SSSR count). The van der Waals surface area contributed by atoms with Gasteiger partial charge in [0.1, 0.15) is 23.3 Å². The highest BCUT2D eigenvalue weighted by Gasteiger charge is 2.43. The zero-order valence-electron chi connectivity index (χ0n) is 22.8. The molecule has 3 heterocycles. The summed E-state index contributed by atoms with van der Waals surface area (Å²) in [5.41, 5.74) is 9.34. The number of fused-ring (bicyclic) bond motifs is 3. The highest BCUT2D eigenvalue weighted by molar-refractivity contribution is 6.25. The second-order valence-corrected chi connectivity index (χ2v) is 10.8. The largest absolute Gasteiger partial charge is 0.364 e. The molecular weight excluding hydrogens is 520 g/mol. The molecule has 41 heavy (non-hydrogen) atoms. The molecule has 10 nitrogen and oxygen atoms in total. The van der Waals surface area contributed by atoms with Gasteiger partial charge in [-0.2, -0.15) is 0 Å². The van der Waals surface area contributed by atoms with E-state index in [0.29, 0.717) is 42.2 Å². The van der Waals surface area contributed by atoms with Crippen LogP contribution in [0.5, 0.6) is 0 Å². The van der Waals surface area contributed by atoms with E-state index in [-0.39, 0.29) is 29.6 Å². The Bertz CT molecular complexity index is 1560. The minimum atomic E-state index is -0.883. The fourth-order valence-corrected chi connectivity index (χ4v) is 5.67. The van der Waals surface area contributed by atoms with Crippen LogP contribution in [0.2, 0.25) is 0 Å². The second-order valence-electron chi connectivity index (χ2n) is 10.8. The molecule has 1 aromatic heterocycles. The van der Waals surface area contributed by atoms with Gasteiger partial charge in [-0.25, -0.2) is 4.98 Å². The highest BCUT2D eigenvalue weighted by Crippen LogP contribution is 2.36. The van der Waals surface area contributed by atoms with Crippen molar-refractivity contribution in [2.45, 2.75) is 50.9 Å². The fraction of sp³-hybridized carbons (Fsp3) is 0.323. The zero-order chi connectivity index (χ0) is 28.7. The Balaban J connectivity index is 1.20. The van der Waals surface area contributed by atoms with Crippen LogP contribution in [0.25, 0.3) is 0 Å². The molecule has 10 heteroatoms. The molecule has 1 fully saturated rings. The summed E-state index contributed by atoms with van der Waals surface area (Å²) in [4.78, 5) is 59.7. The van der Waals surface area contributed by atoms with E-state index in [9.17, 15) is 19.2 Å². The number of Topliss-reactive ketones (excluding diaryl/α,β-unsaturated/α-hetero) is 2. The number of rotatable bonds is 9. The number of hydrogen-bond donors (Lipinski definition) is 3. The van der Waals surface area contributed by atoms with Gasteiger partial charge in [0.05, 0.1) is 17.8 Å². The summed E-state index contributed by atoms with van der Waals surface area (Å²) in [6, 6.07) is 16.7. The van der Waals surface area contributed by atoms with Gasteiger partial charge >= 0.3 is 0 Å². The van der Waals surface area contributed by atoms with Crippen LogP contribution in [0.15, 0.2) is 71.9 Å². The quantitative estimate of drug-likeness (QED) is 0.344. The molecule has 0 spiro atoms. The van der Waals surface area contributed by atoms with Gasteiger partial charge in [0.15, 0.2) is 0 Å². The molecule has 4 N–H and O–H groups in total. The molecule has 3 atom stereocenters. The van der Waals surface area contributed by atoms with Gasteiger partial charge in [-0.3, -0.25) is 19.2 Å². The maximum Gasteiger partial charge on any atom is 0.243 e. The third-order valence-corrected chi connectivity index (χ3v) is 7.92. The third-order valence-electron chi connectivity index (χ3n) is 7.92. The molecule has 210 valence electrons. The first-order valence-corrected chi connectivity index (χ1v) is 13.9. The predicted molar refractivity (Wildman–Crippen MR) is 151 cm³/mol. The Morgan fingerprint density at radius 3 is 2.20 bits per heavy atom. The SMILES string of the molecule is CC1=C(N2CC2)C(=O)c2nc3n(c2C1=O)CC[C@@H]3NC(=O)[C@H](Cc1ccccc1)NC(=O)[C@@H](N)Cc1ccccc1. The maximum atomic E-state index is 13.7. The molecule has 0 saturated carbocycles. The van der Waals surface area contributed by atoms with Crippen molar-refractivity contribution in [3.63, 3.8) is 0 Å². The summed E-state index contributed by atoms with van der Waals surface area (Å²) in [6.07, 6.45) is 1.13. The van der Waals surface area contributed by atoms with Gasteiger partial charge in [0.2, 0.25) is 23.4 Å². The van der Waals surface area contributed by atoms with Crippen LogP contribution < -0.4 is 16.4 Å². The van der Waals surface area contributed by atoms with Crippen molar-refractivity contribution in [2.24, 2.45) is 5.73 Å². The van der Waals surface area contributed by atoms with E-state index >= 15 is 0 Å². The Kier molecular flexibility index (Phi) is 7.00. The summed E-state index contributed by atoms with van der Waals surface area (Å²) >= 11 is 0. The number of hydrogen-bond acceptors (Lipinski definition) is 7.